The van der Waals surface area contributed by atoms with Crippen molar-refractivity contribution in [3.05, 3.63) is 89.5 Å². The molecule has 1 fully saturated rings. The van der Waals surface area contributed by atoms with Gasteiger partial charge in [-0.1, -0.05) is 17.9 Å². The highest BCUT2D eigenvalue weighted by atomic mass is 32.2. The number of amides is 2. The standard InChI is InChI=1S/C27H28FN5O3S/c1-37(35,36)33-17-15-32(16-18-33)26-11-10-25(19-23(26)7-4-21-5-8-24(28)9-6-21)31-27(34)30-14-12-22-3-2-13-29-20-22/h2-3,5-6,8-11,13,19-20H,12,14-18H2,1H3,(H2,30,31,34). The van der Waals surface area contributed by atoms with Crippen molar-refractivity contribution in [2.75, 3.05) is 49.2 Å². The van der Waals surface area contributed by atoms with Gasteiger partial charge in [0.05, 0.1) is 17.5 Å². The summed E-state index contributed by atoms with van der Waals surface area (Å²) in [4.78, 5) is 18.6. The van der Waals surface area contributed by atoms with Gasteiger partial charge in [0.25, 0.3) is 0 Å². The Kier molecular flexibility index (Phi) is 8.38. The third-order valence-corrected chi connectivity index (χ3v) is 7.21. The summed E-state index contributed by atoms with van der Waals surface area (Å²) in [5, 5.41) is 5.68. The van der Waals surface area contributed by atoms with Crippen LogP contribution < -0.4 is 15.5 Å². The molecule has 2 aromatic carbocycles. The number of aromatic nitrogens is 1. The molecule has 8 nitrogen and oxygen atoms in total. The summed E-state index contributed by atoms with van der Waals surface area (Å²) in [6.45, 7) is 2.24. The first kappa shape index (κ1) is 26.1. The van der Waals surface area contributed by atoms with E-state index >= 15 is 0 Å². The molecule has 10 heteroatoms. The number of pyridine rings is 1. The number of anilines is 2. The van der Waals surface area contributed by atoms with Crippen LogP contribution in [0.15, 0.2) is 67.0 Å². The second-order valence-corrected chi connectivity index (χ2v) is 10.6. The molecule has 3 aromatic rings. The number of hydrogen-bond acceptors (Lipinski definition) is 5. The van der Waals surface area contributed by atoms with E-state index in [1.807, 2.05) is 18.2 Å². The van der Waals surface area contributed by atoms with Gasteiger partial charge in [-0.3, -0.25) is 4.98 Å². The maximum absolute atomic E-state index is 13.3. The molecule has 192 valence electrons. The first-order valence-electron chi connectivity index (χ1n) is 11.8. The first-order chi connectivity index (χ1) is 17.8. The molecule has 2 N–H and O–H groups in total. The molecule has 0 aliphatic carbocycles. The van der Waals surface area contributed by atoms with E-state index in [1.165, 1.54) is 22.7 Å². The number of nitrogens with zero attached hydrogens (tertiary/aromatic N) is 3. The second kappa shape index (κ2) is 11.9. The van der Waals surface area contributed by atoms with Crippen LogP contribution in [0, 0.1) is 17.7 Å². The fourth-order valence-corrected chi connectivity index (χ4v) is 4.79. The van der Waals surface area contributed by atoms with E-state index in [-0.39, 0.29) is 11.8 Å². The number of urea groups is 1. The first-order valence-corrected chi connectivity index (χ1v) is 13.7. The molecule has 37 heavy (non-hydrogen) atoms. The third-order valence-electron chi connectivity index (χ3n) is 5.91. The number of carbonyl (C=O) groups is 1. The van der Waals surface area contributed by atoms with Gasteiger partial charge in [0.1, 0.15) is 5.82 Å². The molecule has 0 radical (unpaired) electrons. The summed E-state index contributed by atoms with van der Waals surface area (Å²) in [5.41, 5.74) is 3.76. The number of nitrogens with one attached hydrogen (secondary N) is 2. The number of rotatable bonds is 6. The van der Waals surface area contributed by atoms with Crippen LogP contribution in [-0.2, 0) is 16.4 Å². The fraction of sp³-hybridized carbons (Fsp3) is 0.259. The van der Waals surface area contributed by atoms with Crippen molar-refractivity contribution in [1.29, 1.82) is 0 Å². The molecule has 0 bridgehead atoms. The molecule has 4 rings (SSSR count). The number of carbonyl (C=O) groups excluding carboxylic acids is 1. The Labute approximate surface area is 216 Å². The smallest absolute Gasteiger partial charge is 0.319 e. The van der Waals surface area contributed by atoms with Crippen molar-refractivity contribution in [3.8, 4) is 11.8 Å². The summed E-state index contributed by atoms with van der Waals surface area (Å²) >= 11 is 0. The normalized spacial score (nSPS) is 13.9. The van der Waals surface area contributed by atoms with Gasteiger partial charge in [-0.05, 0) is 60.5 Å². The average Bonchev–Trinajstić information content (AvgIpc) is 2.89. The lowest BCUT2D eigenvalue weighted by molar-refractivity contribution is 0.252. The molecule has 1 saturated heterocycles. The molecule has 1 aliphatic rings. The van der Waals surface area contributed by atoms with E-state index in [9.17, 15) is 17.6 Å². The van der Waals surface area contributed by atoms with Crippen LogP contribution in [0.3, 0.4) is 0 Å². The van der Waals surface area contributed by atoms with E-state index in [2.05, 4.69) is 32.4 Å². The van der Waals surface area contributed by atoms with Gasteiger partial charge in [0.2, 0.25) is 10.0 Å². The Morgan fingerprint density at radius 3 is 2.49 bits per heavy atom. The average molecular weight is 522 g/mol. The van der Waals surface area contributed by atoms with Crippen molar-refractivity contribution < 1.29 is 17.6 Å². The lowest BCUT2D eigenvalue weighted by Gasteiger charge is -2.35. The number of hydrogen-bond donors (Lipinski definition) is 2. The Balaban J connectivity index is 1.49. The monoisotopic (exact) mass is 521 g/mol. The number of piperazine rings is 1. The number of halogens is 1. The van der Waals surface area contributed by atoms with Gasteiger partial charge in [0.15, 0.2) is 0 Å². The van der Waals surface area contributed by atoms with Crippen molar-refractivity contribution in [3.63, 3.8) is 0 Å². The lowest BCUT2D eigenvalue weighted by Crippen LogP contribution is -2.48. The molecule has 0 saturated carbocycles. The summed E-state index contributed by atoms with van der Waals surface area (Å²) in [6, 6.07) is 14.8. The molecule has 1 aliphatic heterocycles. The predicted molar refractivity (Wildman–Crippen MR) is 142 cm³/mol. The van der Waals surface area contributed by atoms with Crippen molar-refractivity contribution >= 4 is 27.4 Å². The summed E-state index contributed by atoms with van der Waals surface area (Å²) in [6.07, 6.45) is 5.34. The van der Waals surface area contributed by atoms with Gasteiger partial charge in [-0.25, -0.2) is 17.6 Å². The second-order valence-electron chi connectivity index (χ2n) is 8.63. The van der Waals surface area contributed by atoms with Gasteiger partial charge in [0, 0.05) is 56.4 Å². The van der Waals surface area contributed by atoms with E-state index < -0.39 is 10.0 Å². The van der Waals surface area contributed by atoms with Crippen LogP contribution in [0.25, 0.3) is 0 Å². The highest BCUT2D eigenvalue weighted by Gasteiger charge is 2.24. The minimum atomic E-state index is -3.25. The van der Waals surface area contributed by atoms with Crippen molar-refractivity contribution in [2.24, 2.45) is 0 Å². The lowest BCUT2D eigenvalue weighted by atomic mass is 10.1. The van der Waals surface area contributed by atoms with E-state index in [4.69, 9.17) is 0 Å². The van der Waals surface area contributed by atoms with E-state index in [0.717, 1.165) is 11.3 Å². The zero-order chi connectivity index (χ0) is 26.3. The van der Waals surface area contributed by atoms with Crippen LogP contribution in [0.1, 0.15) is 16.7 Å². The zero-order valence-electron chi connectivity index (χ0n) is 20.4. The van der Waals surface area contributed by atoms with Crippen LogP contribution >= 0.6 is 0 Å². The summed E-state index contributed by atoms with van der Waals surface area (Å²) in [7, 11) is -3.25. The molecular formula is C27H28FN5O3S. The van der Waals surface area contributed by atoms with Crippen LogP contribution in [-0.4, -0.2) is 62.7 Å². The van der Waals surface area contributed by atoms with Crippen LogP contribution in [0.5, 0.6) is 0 Å². The Hall–Kier alpha value is -3.94. The molecule has 2 amide bonds. The van der Waals surface area contributed by atoms with Crippen molar-refractivity contribution in [1.82, 2.24) is 14.6 Å². The minimum Gasteiger partial charge on any atom is -0.368 e. The number of sulfonamides is 1. The van der Waals surface area contributed by atoms with Gasteiger partial charge < -0.3 is 15.5 Å². The summed E-state index contributed by atoms with van der Waals surface area (Å²) < 4.78 is 38.5. The number of benzene rings is 2. The van der Waals surface area contributed by atoms with E-state index in [1.54, 1.807) is 36.7 Å². The van der Waals surface area contributed by atoms with Gasteiger partial charge in [-0.2, -0.15) is 4.31 Å². The highest BCUT2D eigenvalue weighted by molar-refractivity contribution is 7.88. The Bertz CT molecular complexity index is 1400. The SMILES string of the molecule is CS(=O)(=O)N1CCN(c2ccc(NC(=O)NCCc3cccnc3)cc2C#Cc2ccc(F)cc2)CC1. The quantitative estimate of drug-likeness (QED) is 0.487. The molecule has 0 atom stereocenters. The largest absolute Gasteiger partial charge is 0.368 e. The molecule has 1 aromatic heterocycles. The highest BCUT2D eigenvalue weighted by Crippen LogP contribution is 2.25. The van der Waals surface area contributed by atoms with Crippen LogP contribution in [0.4, 0.5) is 20.6 Å². The van der Waals surface area contributed by atoms with E-state index in [0.29, 0.717) is 56.0 Å². The topological polar surface area (TPSA) is 94.6 Å². The fourth-order valence-electron chi connectivity index (χ4n) is 3.96. The zero-order valence-corrected chi connectivity index (χ0v) is 21.3. The van der Waals surface area contributed by atoms with Crippen LogP contribution in [0.2, 0.25) is 0 Å². The van der Waals surface area contributed by atoms with Gasteiger partial charge in [-0.15, -0.1) is 0 Å². The molecule has 0 spiro atoms. The predicted octanol–water partition coefficient (Wildman–Crippen LogP) is 3.07. The van der Waals surface area contributed by atoms with Crippen molar-refractivity contribution in [2.45, 2.75) is 6.42 Å². The Morgan fingerprint density at radius 2 is 1.81 bits per heavy atom. The molecule has 0 unspecified atom stereocenters. The third kappa shape index (κ3) is 7.52. The minimum absolute atomic E-state index is 0.337. The van der Waals surface area contributed by atoms with Gasteiger partial charge >= 0.3 is 6.03 Å². The maximum atomic E-state index is 13.3. The molecule has 2 heterocycles. The molecular weight excluding hydrogens is 493 g/mol. The Morgan fingerprint density at radius 1 is 1.05 bits per heavy atom. The summed E-state index contributed by atoms with van der Waals surface area (Å²) in [5.74, 6) is 5.85. The maximum Gasteiger partial charge on any atom is 0.319 e.